The van der Waals surface area contributed by atoms with Gasteiger partial charge < -0.3 is 10.4 Å². The number of carboxylic acid groups (broad SMARTS) is 1. The SMILES string of the molecule is CC(C)(C)C(=O)Nc1nc(C(C)(C)C)ncc1C(=O)O. The summed E-state index contributed by atoms with van der Waals surface area (Å²) in [5.41, 5.74) is -1.09. The van der Waals surface area contributed by atoms with E-state index >= 15 is 0 Å². The van der Waals surface area contributed by atoms with Crippen LogP contribution in [0.1, 0.15) is 57.7 Å². The van der Waals surface area contributed by atoms with Gasteiger partial charge in [-0.1, -0.05) is 41.5 Å². The number of nitrogens with zero attached hydrogens (tertiary/aromatic N) is 2. The number of hydrogen-bond donors (Lipinski definition) is 2. The highest BCUT2D eigenvalue weighted by Crippen LogP contribution is 2.23. The largest absolute Gasteiger partial charge is 0.477 e. The lowest BCUT2D eigenvalue weighted by atomic mass is 9.95. The average Bonchev–Trinajstić information content (AvgIpc) is 2.25. The lowest BCUT2D eigenvalue weighted by molar-refractivity contribution is -0.123. The predicted octanol–water partition coefficient (Wildman–Crippen LogP) is 2.46. The fourth-order valence-corrected chi connectivity index (χ4v) is 1.29. The van der Waals surface area contributed by atoms with E-state index in [0.29, 0.717) is 5.82 Å². The van der Waals surface area contributed by atoms with Gasteiger partial charge in [-0.05, 0) is 0 Å². The summed E-state index contributed by atoms with van der Waals surface area (Å²) in [5, 5.41) is 11.7. The van der Waals surface area contributed by atoms with E-state index in [2.05, 4.69) is 15.3 Å². The van der Waals surface area contributed by atoms with E-state index in [4.69, 9.17) is 5.11 Å². The van der Waals surface area contributed by atoms with Gasteiger partial charge in [0, 0.05) is 17.0 Å². The molecule has 0 unspecified atom stereocenters. The Bertz CT molecular complexity index is 540. The molecule has 0 aliphatic rings. The first kappa shape index (κ1) is 16.1. The lowest BCUT2D eigenvalue weighted by Crippen LogP contribution is -2.30. The quantitative estimate of drug-likeness (QED) is 0.867. The van der Waals surface area contributed by atoms with Gasteiger partial charge in [-0.3, -0.25) is 4.79 Å². The smallest absolute Gasteiger partial charge is 0.341 e. The van der Waals surface area contributed by atoms with Crippen LogP contribution >= 0.6 is 0 Å². The van der Waals surface area contributed by atoms with Crippen molar-refractivity contribution in [3.8, 4) is 0 Å². The third-order valence-electron chi connectivity index (χ3n) is 2.60. The summed E-state index contributed by atoms with van der Waals surface area (Å²) in [6.45, 7) is 11.0. The van der Waals surface area contributed by atoms with Crippen LogP contribution in [0.5, 0.6) is 0 Å². The van der Waals surface area contributed by atoms with Crippen LogP contribution in [0, 0.1) is 5.41 Å². The van der Waals surface area contributed by atoms with Crippen LogP contribution in [0.4, 0.5) is 5.82 Å². The highest BCUT2D eigenvalue weighted by Gasteiger charge is 2.26. The Morgan fingerprint density at radius 2 is 1.70 bits per heavy atom. The number of aromatic nitrogens is 2. The number of aromatic carboxylic acids is 1. The number of nitrogens with one attached hydrogen (secondary N) is 1. The van der Waals surface area contributed by atoms with Crippen LogP contribution in [0.25, 0.3) is 0 Å². The molecule has 1 heterocycles. The predicted molar refractivity (Wildman–Crippen MR) is 75.8 cm³/mol. The van der Waals surface area contributed by atoms with Gasteiger partial charge in [0.05, 0.1) is 0 Å². The fourth-order valence-electron chi connectivity index (χ4n) is 1.29. The Hall–Kier alpha value is -1.98. The maximum absolute atomic E-state index is 12.0. The molecule has 20 heavy (non-hydrogen) atoms. The van der Waals surface area contributed by atoms with Gasteiger partial charge >= 0.3 is 5.97 Å². The maximum atomic E-state index is 12.0. The average molecular weight is 279 g/mol. The van der Waals surface area contributed by atoms with Crippen LogP contribution in [-0.4, -0.2) is 27.0 Å². The molecule has 0 aliphatic heterocycles. The van der Waals surface area contributed by atoms with Crippen LogP contribution in [0.3, 0.4) is 0 Å². The molecule has 0 bridgehead atoms. The lowest BCUT2D eigenvalue weighted by Gasteiger charge is -2.21. The normalized spacial score (nSPS) is 12.1. The van der Waals surface area contributed by atoms with E-state index in [-0.39, 0.29) is 22.7 Å². The number of carboxylic acids is 1. The van der Waals surface area contributed by atoms with Gasteiger partial charge in [0.15, 0.2) is 5.82 Å². The Labute approximate surface area is 118 Å². The molecule has 0 aliphatic carbocycles. The molecular formula is C14H21N3O3. The third kappa shape index (κ3) is 3.76. The molecule has 0 saturated carbocycles. The highest BCUT2D eigenvalue weighted by molar-refractivity contribution is 6.00. The number of amides is 1. The molecule has 1 aromatic rings. The number of hydrogen-bond acceptors (Lipinski definition) is 4. The van der Waals surface area contributed by atoms with Gasteiger partial charge in [0.25, 0.3) is 0 Å². The van der Waals surface area contributed by atoms with E-state index in [1.165, 1.54) is 6.20 Å². The molecule has 0 aromatic carbocycles. The van der Waals surface area contributed by atoms with Crippen molar-refractivity contribution in [3.05, 3.63) is 17.6 Å². The first-order valence-electron chi connectivity index (χ1n) is 6.35. The zero-order chi connectivity index (χ0) is 15.7. The molecule has 1 aromatic heterocycles. The summed E-state index contributed by atoms with van der Waals surface area (Å²) >= 11 is 0. The first-order valence-corrected chi connectivity index (χ1v) is 6.35. The molecule has 0 atom stereocenters. The molecule has 0 spiro atoms. The van der Waals surface area contributed by atoms with Gasteiger partial charge in [-0.25, -0.2) is 14.8 Å². The topological polar surface area (TPSA) is 92.2 Å². The minimum atomic E-state index is -1.17. The second kappa shape index (κ2) is 5.19. The molecular weight excluding hydrogens is 258 g/mol. The summed E-state index contributed by atoms with van der Waals surface area (Å²) in [6, 6.07) is 0. The third-order valence-corrected chi connectivity index (χ3v) is 2.60. The zero-order valence-corrected chi connectivity index (χ0v) is 12.7. The highest BCUT2D eigenvalue weighted by atomic mass is 16.4. The molecule has 6 heteroatoms. The van der Waals surface area contributed by atoms with Crippen molar-refractivity contribution in [1.29, 1.82) is 0 Å². The van der Waals surface area contributed by atoms with Gasteiger partial charge in [-0.15, -0.1) is 0 Å². The Balaban J connectivity index is 3.27. The van der Waals surface area contributed by atoms with Gasteiger partial charge in [0.1, 0.15) is 11.4 Å². The van der Waals surface area contributed by atoms with Crippen molar-refractivity contribution in [2.24, 2.45) is 5.41 Å². The van der Waals surface area contributed by atoms with E-state index in [1.54, 1.807) is 20.8 Å². The molecule has 0 fully saturated rings. The number of carbonyl (C=O) groups is 2. The van der Waals surface area contributed by atoms with E-state index in [1.807, 2.05) is 20.8 Å². The molecule has 6 nitrogen and oxygen atoms in total. The van der Waals surface area contributed by atoms with Crippen molar-refractivity contribution < 1.29 is 14.7 Å². The van der Waals surface area contributed by atoms with Gasteiger partial charge in [-0.2, -0.15) is 0 Å². The monoisotopic (exact) mass is 279 g/mol. The summed E-state index contributed by atoms with van der Waals surface area (Å²) in [6.07, 6.45) is 1.23. The molecule has 0 radical (unpaired) electrons. The minimum absolute atomic E-state index is 0.0392. The van der Waals surface area contributed by atoms with Crippen molar-refractivity contribution in [1.82, 2.24) is 9.97 Å². The maximum Gasteiger partial charge on any atom is 0.341 e. The van der Waals surface area contributed by atoms with E-state index < -0.39 is 11.4 Å². The summed E-state index contributed by atoms with van der Waals surface area (Å²) in [4.78, 5) is 31.4. The minimum Gasteiger partial charge on any atom is -0.477 e. The number of anilines is 1. The van der Waals surface area contributed by atoms with E-state index in [9.17, 15) is 9.59 Å². The van der Waals surface area contributed by atoms with Crippen molar-refractivity contribution in [2.75, 3.05) is 5.32 Å². The van der Waals surface area contributed by atoms with Crippen molar-refractivity contribution in [3.63, 3.8) is 0 Å². The van der Waals surface area contributed by atoms with Gasteiger partial charge in [0.2, 0.25) is 5.91 Å². The second-order valence-electron chi connectivity index (χ2n) is 6.72. The standard InChI is InChI=1S/C14H21N3O3/c1-13(2,3)11-15-7-8(10(18)19)9(16-11)17-12(20)14(4,5)6/h7H,1-6H3,(H,18,19)(H,15,16,17,20). The van der Waals surface area contributed by atoms with Crippen LogP contribution in [-0.2, 0) is 10.2 Å². The molecule has 1 amide bonds. The summed E-state index contributed by atoms with van der Waals surface area (Å²) < 4.78 is 0. The summed E-state index contributed by atoms with van der Waals surface area (Å²) in [7, 11) is 0. The van der Waals surface area contributed by atoms with Crippen LogP contribution in [0.15, 0.2) is 6.20 Å². The molecule has 1 rings (SSSR count). The Kier molecular flexibility index (Phi) is 4.17. The molecule has 2 N–H and O–H groups in total. The number of carbonyl (C=O) groups excluding carboxylic acids is 1. The fraction of sp³-hybridized carbons (Fsp3) is 0.571. The zero-order valence-electron chi connectivity index (χ0n) is 12.7. The number of rotatable bonds is 2. The van der Waals surface area contributed by atoms with Crippen LogP contribution < -0.4 is 5.32 Å². The first-order chi connectivity index (χ1) is 8.93. The van der Waals surface area contributed by atoms with Crippen LogP contribution in [0.2, 0.25) is 0 Å². The summed E-state index contributed by atoms with van der Waals surface area (Å²) in [5.74, 6) is -0.947. The Morgan fingerprint density at radius 1 is 1.15 bits per heavy atom. The second-order valence-corrected chi connectivity index (χ2v) is 6.72. The molecule has 0 saturated heterocycles. The van der Waals surface area contributed by atoms with E-state index in [0.717, 1.165) is 0 Å². The Morgan fingerprint density at radius 3 is 2.10 bits per heavy atom. The molecule has 110 valence electrons. The van der Waals surface area contributed by atoms with Crippen molar-refractivity contribution in [2.45, 2.75) is 47.0 Å². The van der Waals surface area contributed by atoms with Crippen molar-refractivity contribution >= 4 is 17.7 Å².